The number of benzene rings is 2. The van der Waals surface area contributed by atoms with Crippen LogP contribution in [0.2, 0.25) is 0 Å². The van der Waals surface area contributed by atoms with Crippen LogP contribution in [0.5, 0.6) is 0 Å². The van der Waals surface area contributed by atoms with E-state index in [9.17, 15) is 0 Å². The van der Waals surface area contributed by atoms with E-state index in [1.54, 1.807) is 22.7 Å². The van der Waals surface area contributed by atoms with Crippen molar-refractivity contribution in [1.82, 2.24) is 0 Å². The third-order valence-electron chi connectivity index (χ3n) is 5.39. The Labute approximate surface area is 225 Å². The largest absolute Gasteiger partial charge is 0.408 e. The maximum absolute atomic E-state index is 5.73. The van der Waals surface area contributed by atoms with Crippen LogP contribution in [0.4, 0.5) is 33.0 Å². The molecule has 0 spiro atoms. The molecule has 0 amide bonds. The zero-order valence-electron chi connectivity index (χ0n) is 21.1. The highest BCUT2D eigenvalue weighted by Crippen LogP contribution is 2.22. The highest BCUT2D eigenvalue weighted by Gasteiger charge is 2.10. The van der Waals surface area contributed by atoms with Crippen LogP contribution in [0, 0.1) is 0 Å². The van der Waals surface area contributed by atoms with Gasteiger partial charge >= 0.3 is 10.3 Å². The molecule has 0 aliphatic carbocycles. The SMILES string of the molecule is CC[n+]1ccsc1/N=N/c1ccc(NCCOCCNc2ccc(/N=N/c3scc[n+]3CC)cc2)cc1. The van der Waals surface area contributed by atoms with Crippen molar-refractivity contribution in [3.8, 4) is 0 Å². The minimum Gasteiger partial charge on any atom is -0.383 e. The third-order valence-corrected chi connectivity index (χ3v) is 6.96. The maximum atomic E-state index is 5.73. The van der Waals surface area contributed by atoms with Crippen molar-refractivity contribution in [3.63, 3.8) is 0 Å². The Morgan fingerprint density at radius 1 is 0.649 bits per heavy atom. The van der Waals surface area contributed by atoms with Gasteiger partial charge in [0.15, 0.2) is 0 Å². The number of nitrogens with one attached hydrogen (secondary N) is 2. The van der Waals surface area contributed by atoms with E-state index < -0.39 is 0 Å². The Balaban J connectivity index is 1.09. The Bertz CT molecular complexity index is 1180. The van der Waals surface area contributed by atoms with Gasteiger partial charge in [-0.2, -0.15) is 0 Å². The summed E-state index contributed by atoms with van der Waals surface area (Å²) >= 11 is 3.16. The Morgan fingerprint density at radius 2 is 1.08 bits per heavy atom. The molecule has 0 aliphatic rings. The molecule has 0 saturated carbocycles. The van der Waals surface area contributed by atoms with E-state index in [0.717, 1.165) is 59.2 Å². The number of aromatic nitrogens is 2. The fourth-order valence-corrected chi connectivity index (χ4v) is 4.85. The number of hydrogen-bond donors (Lipinski definition) is 2. The lowest BCUT2D eigenvalue weighted by Gasteiger charge is -2.09. The lowest BCUT2D eigenvalue weighted by Crippen LogP contribution is -2.28. The molecule has 37 heavy (non-hydrogen) atoms. The van der Waals surface area contributed by atoms with Crippen LogP contribution in [-0.4, -0.2) is 26.3 Å². The summed E-state index contributed by atoms with van der Waals surface area (Å²) in [6.45, 7) is 8.66. The standard InChI is InChI=1S/C26H30N8OS2/c1-3-33-15-19-36-25(33)31-29-23-9-5-21(6-10-23)27-13-17-35-18-14-28-22-7-11-24(12-8-22)30-32-26-34(4-2)16-20-37-26/h5-12,15-16,19-20H,3-4,13-14,17-18H2,1-2H3/p+2. The molecule has 192 valence electrons. The van der Waals surface area contributed by atoms with Gasteiger partial charge in [-0.15, -0.1) is 0 Å². The van der Waals surface area contributed by atoms with Crippen molar-refractivity contribution < 1.29 is 13.9 Å². The zero-order chi connectivity index (χ0) is 25.7. The van der Waals surface area contributed by atoms with Gasteiger partial charge in [-0.05, 0) is 95.3 Å². The molecule has 0 atom stereocenters. The van der Waals surface area contributed by atoms with Gasteiger partial charge in [0.1, 0.15) is 23.8 Å². The van der Waals surface area contributed by atoms with Gasteiger partial charge in [-0.25, -0.2) is 9.13 Å². The van der Waals surface area contributed by atoms with E-state index in [4.69, 9.17) is 4.74 Å². The van der Waals surface area contributed by atoms with Gasteiger partial charge in [-0.1, -0.05) is 0 Å². The first-order valence-corrected chi connectivity index (χ1v) is 14.0. The molecule has 11 heteroatoms. The Morgan fingerprint density at radius 3 is 1.49 bits per heavy atom. The van der Waals surface area contributed by atoms with Crippen molar-refractivity contribution in [1.29, 1.82) is 0 Å². The highest BCUT2D eigenvalue weighted by atomic mass is 32.1. The number of thiazole rings is 2. The molecular weight excluding hydrogens is 504 g/mol. The van der Waals surface area contributed by atoms with Gasteiger partial charge < -0.3 is 15.4 Å². The quantitative estimate of drug-likeness (QED) is 0.106. The first-order valence-electron chi connectivity index (χ1n) is 12.3. The van der Waals surface area contributed by atoms with E-state index in [-0.39, 0.29) is 0 Å². The van der Waals surface area contributed by atoms with Gasteiger partial charge in [0.25, 0.3) is 0 Å². The minimum atomic E-state index is 0.623. The molecule has 0 saturated heterocycles. The van der Waals surface area contributed by atoms with Gasteiger partial charge in [0, 0.05) is 35.2 Å². The molecule has 0 fully saturated rings. The molecular formula is C26H32N8OS2+2. The zero-order valence-corrected chi connectivity index (χ0v) is 22.7. The van der Waals surface area contributed by atoms with E-state index in [1.165, 1.54) is 0 Å². The maximum Gasteiger partial charge on any atom is 0.408 e. The summed E-state index contributed by atoms with van der Waals surface area (Å²) in [6.07, 6.45) is 4.04. The van der Waals surface area contributed by atoms with Crippen molar-refractivity contribution in [2.45, 2.75) is 26.9 Å². The Kier molecular flexibility index (Phi) is 10.2. The molecule has 2 N–H and O–H groups in total. The summed E-state index contributed by atoms with van der Waals surface area (Å²) < 4.78 is 9.87. The van der Waals surface area contributed by atoms with Crippen LogP contribution in [-0.2, 0) is 17.8 Å². The normalized spacial score (nSPS) is 11.5. The molecule has 0 radical (unpaired) electrons. The summed E-state index contributed by atoms with van der Waals surface area (Å²) in [5.41, 5.74) is 3.71. The number of nitrogens with zero attached hydrogens (tertiary/aromatic N) is 6. The predicted octanol–water partition coefficient (Wildman–Crippen LogP) is 6.80. The van der Waals surface area contributed by atoms with Crippen molar-refractivity contribution in [2.24, 2.45) is 20.5 Å². The van der Waals surface area contributed by atoms with Crippen molar-refractivity contribution >= 4 is 55.7 Å². The Hall–Kier alpha value is -3.54. The lowest BCUT2D eigenvalue weighted by molar-refractivity contribution is -0.677. The summed E-state index contributed by atoms with van der Waals surface area (Å²) in [5, 5.41) is 29.9. The number of hydrogen-bond acceptors (Lipinski definition) is 9. The van der Waals surface area contributed by atoms with Gasteiger partial charge in [0.2, 0.25) is 0 Å². The predicted molar refractivity (Wildman–Crippen MR) is 149 cm³/mol. The van der Waals surface area contributed by atoms with Gasteiger partial charge in [-0.3, -0.25) is 0 Å². The fourth-order valence-electron chi connectivity index (χ4n) is 3.37. The average molecular weight is 537 g/mol. The molecule has 0 bridgehead atoms. The molecule has 4 aromatic rings. The first kappa shape index (κ1) is 26.5. The lowest BCUT2D eigenvalue weighted by atomic mass is 10.3. The summed E-state index contributed by atoms with van der Waals surface area (Å²) in [7, 11) is 0. The van der Waals surface area contributed by atoms with E-state index in [1.807, 2.05) is 71.7 Å². The topological polar surface area (TPSA) is 90.5 Å². The second kappa shape index (κ2) is 14.3. The van der Waals surface area contributed by atoms with E-state index in [0.29, 0.717) is 13.2 Å². The molecule has 4 rings (SSSR count). The number of rotatable bonds is 14. The third kappa shape index (κ3) is 8.24. The minimum absolute atomic E-state index is 0.623. The highest BCUT2D eigenvalue weighted by molar-refractivity contribution is 7.13. The van der Waals surface area contributed by atoms with E-state index in [2.05, 4.69) is 54.1 Å². The van der Waals surface area contributed by atoms with Crippen LogP contribution in [0.3, 0.4) is 0 Å². The molecule has 2 aromatic carbocycles. The van der Waals surface area contributed by atoms with Gasteiger partial charge in [0.05, 0.1) is 36.5 Å². The fraction of sp³-hybridized carbons (Fsp3) is 0.308. The van der Waals surface area contributed by atoms with Crippen LogP contribution in [0.15, 0.2) is 92.1 Å². The monoisotopic (exact) mass is 536 g/mol. The first-order chi connectivity index (χ1) is 18.2. The second-order valence-corrected chi connectivity index (χ2v) is 9.65. The molecule has 0 unspecified atom stereocenters. The summed E-state index contributed by atoms with van der Waals surface area (Å²) in [6, 6.07) is 15.8. The molecule has 2 heterocycles. The smallest absolute Gasteiger partial charge is 0.383 e. The van der Waals surface area contributed by atoms with E-state index >= 15 is 0 Å². The number of ether oxygens (including phenoxy) is 1. The van der Waals surface area contributed by atoms with Crippen LogP contribution in [0.25, 0.3) is 0 Å². The van der Waals surface area contributed by atoms with Crippen LogP contribution in [0.1, 0.15) is 13.8 Å². The van der Waals surface area contributed by atoms with Crippen LogP contribution < -0.4 is 19.8 Å². The number of azo groups is 2. The number of aryl methyl sites for hydroxylation is 2. The molecule has 2 aromatic heterocycles. The van der Waals surface area contributed by atoms with Crippen LogP contribution >= 0.6 is 22.7 Å². The molecule has 0 aliphatic heterocycles. The van der Waals surface area contributed by atoms with Crippen molar-refractivity contribution in [2.75, 3.05) is 36.9 Å². The summed E-state index contributed by atoms with van der Waals surface area (Å²) in [4.78, 5) is 0. The molecule has 9 nitrogen and oxygen atoms in total. The second-order valence-electron chi connectivity index (χ2n) is 7.90. The number of anilines is 2. The van der Waals surface area contributed by atoms with Crippen molar-refractivity contribution in [3.05, 3.63) is 71.7 Å². The summed E-state index contributed by atoms with van der Waals surface area (Å²) in [5.74, 6) is 0. The average Bonchev–Trinajstić information content (AvgIpc) is 3.60.